The molecule has 2 heterocycles. The van der Waals surface area contributed by atoms with E-state index < -0.39 is 6.04 Å². The molecule has 156 valence electrons. The van der Waals surface area contributed by atoms with Crippen LogP contribution < -0.4 is 5.32 Å². The molecule has 31 heavy (non-hydrogen) atoms. The van der Waals surface area contributed by atoms with Gasteiger partial charge in [0.05, 0.1) is 6.04 Å². The van der Waals surface area contributed by atoms with Crippen molar-refractivity contribution in [1.29, 1.82) is 0 Å². The number of rotatable bonds is 2. The van der Waals surface area contributed by atoms with Gasteiger partial charge in [-0.05, 0) is 72.1 Å². The summed E-state index contributed by atoms with van der Waals surface area (Å²) in [5.41, 5.74) is 4.19. The van der Waals surface area contributed by atoms with E-state index in [0.717, 1.165) is 27.7 Å². The first-order valence-corrected chi connectivity index (χ1v) is 10.3. The third-order valence-corrected chi connectivity index (χ3v) is 5.87. The van der Waals surface area contributed by atoms with E-state index in [4.69, 9.17) is 11.6 Å². The van der Waals surface area contributed by atoms with Gasteiger partial charge in [-0.15, -0.1) is 0 Å². The van der Waals surface area contributed by atoms with Crippen LogP contribution in [0.4, 0.5) is 19.3 Å². The first kappa shape index (κ1) is 19.6. The largest absolute Gasteiger partial charge is 0.356 e. The molecule has 4 aromatic rings. The van der Waals surface area contributed by atoms with Crippen molar-refractivity contribution in [3.05, 3.63) is 100 Å². The van der Waals surface area contributed by atoms with Crippen LogP contribution in [0.2, 0.25) is 5.02 Å². The number of fused-ring (bicyclic) bond motifs is 3. The Kier molecular flexibility index (Phi) is 4.87. The van der Waals surface area contributed by atoms with E-state index in [1.807, 2.05) is 18.2 Å². The summed E-state index contributed by atoms with van der Waals surface area (Å²) in [6, 6.07) is 16.7. The van der Waals surface area contributed by atoms with Gasteiger partial charge in [-0.2, -0.15) is 0 Å². The Bertz CT molecular complexity index is 1270. The van der Waals surface area contributed by atoms with Crippen molar-refractivity contribution in [3.63, 3.8) is 0 Å². The van der Waals surface area contributed by atoms with Gasteiger partial charge >= 0.3 is 6.03 Å². The number of benzene rings is 3. The highest BCUT2D eigenvalue weighted by molar-refractivity contribution is 6.31. The summed E-state index contributed by atoms with van der Waals surface area (Å²) >= 11 is 6.21. The van der Waals surface area contributed by atoms with Crippen LogP contribution in [0.3, 0.4) is 0 Å². The van der Waals surface area contributed by atoms with Crippen LogP contribution >= 0.6 is 11.6 Å². The van der Waals surface area contributed by atoms with Crippen LogP contribution in [0.5, 0.6) is 0 Å². The normalized spacial score (nSPS) is 15.7. The molecule has 2 N–H and O–H groups in total. The predicted octanol–water partition coefficient (Wildman–Crippen LogP) is 6.28. The zero-order valence-corrected chi connectivity index (χ0v) is 17.1. The van der Waals surface area contributed by atoms with Crippen LogP contribution in [0.25, 0.3) is 10.9 Å². The Hall–Kier alpha value is -3.38. The lowest BCUT2D eigenvalue weighted by Gasteiger charge is -2.36. The Balaban J connectivity index is 1.58. The molecule has 1 aromatic heterocycles. The van der Waals surface area contributed by atoms with Crippen molar-refractivity contribution in [2.24, 2.45) is 0 Å². The van der Waals surface area contributed by atoms with Crippen LogP contribution in [-0.4, -0.2) is 22.5 Å². The van der Waals surface area contributed by atoms with Crippen molar-refractivity contribution in [2.45, 2.75) is 12.5 Å². The highest BCUT2D eigenvalue weighted by atomic mass is 35.5. The molecule has 4 nitrogen and oxygen atoms in total. The van der Waals surface area contributed by atoms with Crippen molar-refractivity contribution in [3.8, 4) is 0 Å². The van der Waals surface area contributed by atoms with Gasteiger partial charge in [0.1, 0.15) is 11.6 Å². The number of urea groups is 1. The molecule has 5 rings (SSSR count). The van der Waals surface area contributed by atoms with E-state index in [1.165, 1.54) is 36.4 Å². The highest BCUT2D eigenvalue weighted by Crippen LogP contribution is 2.39. The quantitative estimate of drug-likeness (QED) is 0.381. The molecule has 3 aromatic carbocycles. The topological polar surface area (TPSA) is 48.1 Å². The molecule has 1 aliphatic rings. The predicted molar refractivity (Wildman–Crippen MR) is 117 cm³/mol. The fourth-order valence-corrected chi connectivity index (χ4v) is 4.37. The second-order valence-corrected chi connectivity index (χ2v) is 7.98. The second-order valence-electron chi connectivity index (χ2n) is 7.54. The van der Waals surface area contributed by atoms with Gasteiger partial charge in [-0.25, -0.2) is 13.6 Å². The lowest BCUT2D eigenvalue weighted by molar-refractivity contribution is 0.193. The lowest BCUT2D eigenvalue weighted by Crippen LogP contribution is -2.43. The average molecular weight is 438 g/mol. The monoisotopic (exact) mass is 437 g/mol. The van der Waals surface area contributed by atoms with Gasteiger partial charge in [0.2, 0.25) is 0 Å². The first-order valence-electron chi connectivity index (χ1n) is 9.88. The number of hydrogen-bond donors (Lipinski definition) is 2. The molecule has 0 fully saturated rings. The number of nitrogens with one attached hydrogen (secondary N) is 2. The van der Waals surface area contributed by atoms with Crippen LogP contribution in [0.15, 0.2) is 66.7 Å². The maximum Gasteiger partial charge on any atom is 0.322 e. The Labute approximate surface area is 182 Å². The number of carbonyl (C=O) groups excluding carboxylic acids is 1. The van der Waals surface area contributed by atoms with E-state index in [9.17, 15) is 13.6 Å². The minimum absolute atomic E-state index is 0.316. The lowest BCUT2D eigenvalue weighted by atomic mass is 9.92. The zero-order chi connectivity index (χ0) is 21.5. The summed E-state index contributed by atoms with van der Waals surface area (Å²) < 4.78 is 26.8. The molecule has 0 aliphatic carbocycles. The smallest absolute Gasteiger partial charge is 0.322 e. The molecular weight excluding hydrogens is 420 g/mol. The molecule has 1 atom stereocenters. The van der Waals surface area contributed by atoms with Gasteiger partial charge in [0.15, 0.2) is 0 Å². The third kappa shape index (κ3) is 3.64. The summed E-state index contributed by atoms with van der Waals surface area (Å²) in [5.74, 6) is -0.716. The first-order chi connectivity index (χ1) is 15.0. The molecule has 0 radical (unpaired) electrons. The number of carbonyl (C=O) groups is 1. The van der Waals surface area contributed by atoms with Crippen molar-refractivity contribution in [2.75, 3.05) is 11.9 Å². The zero-order valence-electron chi connectivity index (χ0n) is 16.3. The van der Waals surface area contributed by atoms with Crippen molar-refractivity contribution >= 4 is 34.2 Å². The van der Waals surface area contributed by atoms with Gasteiger partial charge in [-0.3, -0.25) is 0 Å². The highest BCUT2D eigenvalue weighted by Gasteiger charge is 2.34. The molecule has 1 aliphatic heterocycles. The SMILES string of the molecule is O=C(Nc1ccc(F)cc1)N1CCc2c([nH]c3ccc(Cl)cc23)C1c1ccc(F)cc1. The molecule has 0 saturated carbocycles. The number of anilines is 1. The van der Waals surface area contributed by atoms with Gasteiger partial charge in [0.25, 0.3) is 0 Å². The molecule has 0 saturated heterocycles. The van der Waals surface area contributed by atoms with E-state index in [1.54, 1.807) is 17.0 Å². The number of hydrogen-bond acceptors (Lipinski definition) is 1. The fraction of sp³-hybridized carbons (Fsp3) is 0.125. The Morgan fingerprint density at radius 1 is 1.00 bits per heavy atom. The Morgan fingerprint density at radius 2 is 1.68 bits per heavy atom. The number of aromatic amines is 1. The summed E-state index contributed by atoms with van der Waals surface area (Å²) in [6.45, 7) is 0.460. The van der Waals surface area contributed by atoms with Crippen LogP contribution in [0, 0.1) is 11.6 Å². The van der Waals surface area contributed by atoms with Crippen LogP contribution in [-0.2, 0) is 6.42 Å². The number of amides is 2. The number of halogens is 3. The van der Waals surface area contributed by atoms with Crippen molar-refractivity contribution in [1.82, 2.24) is 9.88 Å². The van der Waals surface area contributed by atoms with E-state index in [0.29, 0.717) is 23.7 Å². The van der Waals surface area contributed by atoms with E-state index in [2.05, 4.69) is 10.3 Å². The van der Waals surface area contributed by atoms with Gasteiger partial charge < -0.3 is 15.2 Å². The van der Waals surface area contributed by atoms with E-state index in [-0.39, 0.29) is 17.7 Å². The number of H-pyrrole nitrogens is 1. The number of nitrogens with zero attached hydrogens (tertiary/aromatic N) is 1. The third-order valence-electron chi connectivity index (χ3n) is 5.63. The molecular formula is C24H18ClF2N3O. The van der Waals surface area contributed by atoms with Gasteiger partial charge in [0, 0.05) is 33.9 Å². The Morgan fingerprint density at radius 3 is 2.39 bits per heavy atom. The van der Waals surface area contributed by atoms with Crippen LogP contribution in [0.1, 0.15) is 22.9 Å². The van der Waals surface area contributed by atoms with E-state index >= 15 is 0 Å². The summed E-state index contributed by atoms with van der Waals surface area (Å²) in [5, 5.41) is 4.50. The minimum atomic E-state index is -0.434. The standard InChI is InChI=1S/C24H18ClF2N3O/c25-15-3-10-21-20(13-15)19-11-12-30(24(31)28-18-8-6-17(27)7-9-18)23(22(19)29-21)14-1-4-16(26)5-2-14/h1-10,13,23,29H,11-12H2,(H,28,31). The average Bonchev–Trinajstić information content (AvgIpc) is 3.13. The molecule has 7 heteroatoms. The molecule has 0 bridgehead atoms. The second kappa shape index (κ2) is 7.71. The van der Waals surface area contributed by atoms with Crippen molar-refractivity contribution < 1.29 is 13.6 Å². The summed E-state index contributed by atoms with van der Waals surface area (Å²) in [6.07, 6.45) is 0.643. The maximum absolute atomic E-state index is 13.6. The number of aromatic nitrogens is 1. The minimum Gasteiger partial charge on any atom is -0.356 e. The molecule has 0 spiro atoms. The summed E-state index contributed by atoms with van der Waals surface area (Å²) in [7, 11) is 0. The fourth-order valence-electron chi connectivity index (χ4n) is 4.20. The maximum atomic E-state index is 13.6. The summed E-state index contributed by atoms with van der Waals surface area (Å²) in [4.78, 5) is 18.3. The van der Waals surface area contributed by atoms with Gasteiger partial charge in [-0.1, -0.05) is 23.7 Å². The molecule has 2 amide bonds. The molecule has 1 unspecified atom stereocenters.